The van der Waals surface area contributed by atoms with Crippen molar-refractivity contribution < 1.29 is 40.6 Å². The highest BCUT2D eigenvalue weighted by Gasteiger charge is 2.41. The van der Waals surface area contributed by atoms with Crippen LogP contribution < -0.4 is 10.3 Å². The molecule has 0 atom stereocenters. The number of nitrogens with one attached hydrogen (secondary N) is 1. The van der Waals surface area contributed by atoms with Crippen LogP contribution in [-0.4, -0.2) is 23.9 Å². The number of carbonyl (C=O) groups excluding carboxylic acids is 1. The van der Waals surface area contributed by atoms with Crippen molar-refractivity contribution in [3.63, 3.8) is 0 Å². The van der Waals surface area contributed by atoms with E-state index in [1.165, 1.54) is 11.9 Å². The summed E-state index contributed by atoms with van der Waals surface area (Å²) in [5.41, 5.74) is -4.54. The smallest absolute Gasteiger partial charge is 0.462 e. The minimum Gasteiger partial charge on any atom is -0.462 e. The van der Waals surface area contributed by atoms with Crippen molar-refractivity contribution >= 4 is 5.97 Å². The lowest BCUT2D eigenvalue weighted by atomic mass is 10.2. The molecule has 118 valence electrons. The Morgan fingerprint density at radius 1 is 1.24 bits per heavy atom. The van der Waals surface area contributed by atoms with E-state index in [9.17, 15) is 35.9 Å². The minimum atomic E-state index is -5.45. The molecule has 1 N–H and O–H groups in total. The van der Waals surface area contributed by atoms with E-state index >= 15 is 0 Å². The maximum atomic E-state index is 12.7. The maximum Gasteiger partial charge on any atom is 0.574 e. The Morgan fingerprint density at radius 2 is 1.81 bits per heavy atom. The molecule has 1 aromatic heterocycles. The molecule has 0 unspecified atom stereocenters. The molecule has 1 rings (SSSR count). The molecule has 1 aromatic rings. The molecule has 11 heteroatoms. The maximum absolute atomic E-state index is 12.7. The van der Waals surface area contributed by atoms with Gasteiger partial charge in [-0.15, -0.1) is 13.2 Å². The molecule has 0 fully saturated rings. The number of aromatic amines is 1. The van der Waals surface area contributed by atoms with Crippen molar-refractivity contribution in [1.82, 2.24) is 4.98 Å². The SMILES string of the molecule is CCOC(=O)c1cc(C(F)(F)F)c(OC(F)(F)F)[nH]c1=O. The van der Waals surface area contributed by atoms with Gasteiger partial charge in [0, 0.05) is 0 Å². The molecular weight excluding hydrogens is 312 g/mol. The zero-order chi connectivity index (χ0) is 16.4. The van der Waals surface area contributed by atoms with E-state index < -0.39 is 41.1 Å². The number of alkyl halides is 6. The van der Waals surface area contributed by atoms with Gasteiger partial charge in [0.05, 0.1) is 6.61 Å². The standard InChI is InChI=1S/C10H7F6NO4/c1-2-20-8(19)4-3-5(9(11,12)13)7(17-6(4)18)21-10(14,15)16/h3H,2H2,1H3,(H,17,18). The van der Waals surface area contributed by atoms with Crippen LogP contribution in [0.2, 0.25) is 0 Å². The van der Waals surface area contributed by atoms with E-state index in [2.05, 4.69) is 9.47 Å². The number of hydrogen-bond donors (Lipinski definition) is 1. The number of H-pyrrole nitrogens is 1. The lowest BCUT2D eigenvalue weighted by Gasteiger charge is -2.15. The van der Waals surface area contributed by atoms with Crippen LogP contribution in [0.25, 0.3) is 0 Å². The molecule has 0 spiro atoms. The molecule has 0 bridgehead atoms. The number of esters is 1. The van der Waals surface area contributed by atoms with Crippen LogP contribution in [0.3, 0.4) is 0 Å². The van der Waals surface area contributed by atoms with Gasteiger partial charge in [-0.3, -0.25) is 9.78 Å². The van der Waals surface area contributed by atoms with Crippen LogP contribution in [0.1, 0.15) is 22.8 Å². The summed E-state index contributed by atoms with van der Waals surface area (Å²) in [6.07, 6.45) is -10.7. The second-order valence-corrected chi connectivity index (χ2v) is 3.52. The van der Waals surface area contributed by atoms with Crippen molar-refractivity contribution in [3.05, 3.63) is 27.5 Å². The molecule has 0 aromatic carbocycles. The van der Waals surface area contributed by atoms with E-state index in [0.717, 1.165) is 0 Å². The second-order valence-electron chi connectivity index (χ2n) is 3.52. The van der Waals surface area contributed by atoms with E-state index in [4.69, 9.17) is 0 Å². The summed E-state index contributed by atoms with van der Waals surface area (Å²) in [4.78, 5) is 23.8. The van der Waals surface area contributed by atoms with Gasteiger partial charge >= 0.3 is 18.5 Å². The summed E-state index contributed by atoms with van der Waals surface area (Å²) in [6.45, 7) is 1.10. The van der Waals surface area contributed by atoms with Crippen molar-refractivity contribution in [2.75, 3.05) is 6.61 Å². The molecule has 0 radical (unpaired) electrons. The zero-order valence-corrected chi connectivity index (χ0v) is 10.2. The van der Waals surface area contributed by atoms with Crippen molar-refractivity contribution in [2.24, 2.45) is 0 Å². The number of hydrogen-bond acceptors (Lipinski definition) is 4. The van der Waals surface area contributed by atoms with E-state index in [-0.39, 0.29) is 12.7 Å². The average Bonchev–Trinajstić information content (AvgIpc) is 2.25. The zero-order valence-electron chi connectivity index (χ0n) is 10.2. The third kappa shape index (κ3) is 4.39. The van der Waals surface area contributed by atoms with Crippen LogP contribution in [0.15, 0.2) is 10.9 Å². The van der Waals surface area contributed by atoms with E-state index in [1.54, 1.807) is 0 Å². The predicted octanol–water partition coefficient (Wildman–Crippen LogP) is 2.47. The first kappa shape index (κ1) is 16.9. The monoisotopic (exact) mass is 319 g/mol. The van der Waals surface area contributed by atoms with Gasteiger partial charge < -0.3 is 9.47 Å². The molecular formula is C10H7F6NO4. The van der Waals surface area contributed by atoms with Gasteiger partial charge in [-0.1, -0.05) is 0 Å². The summed E-state index contributed by atoms with van der Waals surface area (Å²) in [5.74, 6) is -3.25. The summed E-state index contributed by atoms with van der Waals surface area (Å²) in [5, 5.41) is 0. The topological polar surface area (TPSA) is 68.4 Å². The molecule has 0 saturated carbocycles. The largest absolute Gasteiger partial charge is 0.574 e. The Labute approximate surface area is 112 Å². The van der Waals surface area contributed by atoms with Crippen molar-refractivity contribution in [3.8, 4) is 5.88 Å². The summed E-state index contributed by atoms with van der Waals surface area (Å²) >= 11 is 0. The number of pyridine rings is 1. The number of halogens is 6. The van der Waals surface area contributed by atoms with Crippen LogP contribution >= 0.6 is 0 Å². The summed E-state index contributed by atoms with van der Waals surface area (Å²) < 4.78 is 81.5. The van der Waals surface area contributed by atoms with Gasteiger partial charge in [-0.2, -0.15) is 13.2 Å². The average molecular weight is 319 g/mol. The Hall–Kier alpha value is -2.20. The molecule has 0 aliphatic heterocycles. The quantitative estimate of drug-likeness (QED) is 0.686. The third-order valence-electron chi connectivity index (χ3n) is 2.02. The molecule has 5 nitrogen and oxygen atoms in total. The number of ether oxygens (including phenoxy) is 2. The lowest BCUT2D eigenvalue weighted by Crippen LogP contribution is -2.27. The van der Waals surface area contributed by atoms with Gasteiger partial charge in [-0.05, 0) is 13.0 Å². The number of rotatable bonds is 3. The van der Waals surface area contributed by atoms with Gasteiger partial charge in [0.2, 0.25) is 5.88 Å². The Bertz CT molecular complexity index is 589. The van der Waals surface area contributed by atoms with E-state index in [0.29, 0.717) is 0 Å². The Morgan fingerprint density at radius 3 is 2.24 bits per heavy atom. The van der Waals surface area contributed by atoms with Crippen LogP contribution in [-0.2, 0) is 10.9 Å². The number of carbonyl (C=O) groups is 1. The molecule has 0 aliphatic carbocycles. The first-order valence-corrected chi connectivity index (χ1v) is 5.23. The third-order valence-corrected chi connectivity index (χ3v) is 2.02. The first-order valence-electron chi connectivity index (χ1n) is 5.23. The lowest BCUT2D eigenvalue weighted by molar-refractivity contribution is -0.278. The highest BCUT2D eigenvalue weighted by atomic mass is 19.4. The highest BCUT2D eigenvalue weighted by Crippen LogP contribution is 2.36. The second kappa shape index (κ2) is 5.66. The first-order chi connectivity index (χ1) is 9.45. The van der Waals surface area contributed by atoms with Gasteiger partial charge in [0.25, 0.3) is 5.56 Å². The minimum absolute atomic E-state index is 0.0576. The van der Waals surface area contributed by atoms with Crippen LogP contribution in [0, 0.1) is 0 Å². The Balaban J connectivity index is 3.44. The molecule has 1 heterocycles. The van der Waals surface area contributed by atoms with Gasteiger partial charge in [0.1, 0.15) is 11.1 Å². The van der Waals surface area contributed by atoms with Crippen molar-refractivity contribution in [2.45, 2.75) is 19.5 Å². The van der Waals surface area contributed by atoms with Crippen LogP contribution in [0.4, 0.5) is 26.3 Å². The number of aromatic nitrogens is 1. The fraction of sp³-hybridized carbons (Fsp3) is 0.400. The summed E-state index contributed by atoms with van der Waals surface area (Å²) in [7, 11) is 0. The van der Waals surface area contributed by atoms with Gasteiger partial charge in [0.15, 0.2) is 0 Å². The normalized spacial score (nSPS) is 12.1. The van der Waals surface area contributed by atoms with Crippen LogP contribution in [0.5, 0.6) is 5.88 Å². The molecule has 0 saturated heterocycles. The Kier molecular flexibility index (Phi) is 4.54. The molecule has 0 amide bonds. The van der Waals surface area contributed by atoms with E-state index in [1.807, 2.05) is 0 Å². The molecule has 0 aliphatic rings. The molecule has 21 heavy (non-hydrogen) atoms. The fourth-order valence-electron chi connectivity index (χ4n) is 1.28. The summed E-state index contributed by atoms with van der Waals surface area (Å²) in [6, 6.07) is -0.0576. The fourth-order valence-corrected chi connectivity index (χ4v) is 1.28. The van der Waals surface area contributed by atoms with Gasteiger partial charge in [-0.25, -0.2) is 4.79 Å². The van der Waals surface area contributed by atoms with Crippen molar-refractivity contribution in [1.29, 1.82) is 0 Å². The highest BCUT2D eigenvalue weighted by molar-refractivity contribution is 5.89. The predicted molar refractivity (Wildman–Crippen MR) is 54.7 cm³/mol.